The van der Waals surface area contributed by atoms with Crippen molar-refractivity contribution in [2.45, 2.75) is 0 Å². The first-order valence-electron chi connectivity index (χ1n) is 8.75. The zero-order valence-electron chi connectivity index (χ0n) is 15.5. The summed E-state index contributed by atoms with van der Waals surface area (Å²) in [5, 5.41) is 16.0. The number of rotatable bonds is 7. The summed E-state index contributed by atoms with van der Waals surface area (Å²) in [6.45, 7) is -0.408. The van der Waals surface area contributed by atoms with Gasteiger partial charge < -0.3 is 15.4 Å². The quantitative estimate of drug-likeness (QED) is 0.453. The number of carbonyl (C=O) groups excluding carboxylic acids is 2. The van der Waals surface area contributed by atoms with Crippen LogP contribution in [0.25, 0.3) is 0 Å². The summed E-state index contributed by atoms with van der Waals surface area (Å²) >= 11 is 0. The third-order valence-corrected chi connectivity index (χ3v) is 3.95. The van der Waals surface area contributed by atoms with Gasteiger partial charge in [0.25, 0.3) is 17.5 Å². The van der Waals surface area contributed by atoms with Crippen molar-refractivity contribution in [2.24, 2.45) is 0 Å². The molecule has 0 saturated carbocycles. The minimum Gasteiger partial charge on any atom is -0.484 e. The number of hydrogen-bond acceptors (Lipinski definition) is 5. The van der Waals surface area contributed by atoms with Gasteiger partial charge in [0, 0.05) is 11.8 Å². The molecule has 0 atom stereocenters. The van der Waals surface area contributed by atoms with Crippen LogP contribution in [0.4, 0.5) is 21.5 Å². The Labute approximate surface area is 170 Å². The average Bonchev–Trinajstić information content (AvgIpc) is 2.74. The van der Waals surface area contributed by atoms with Crippen LogP contribution in [-0.4, -0.2) is 23.3 Å². The molecule has 3 aromatic rings. The lowest BCUT2D eigenvalue weighted by Gasteiger charge is -2.12. The molecule has 0 aliphatic carbocycles. The topological polar surface area (TPSA) is 111 Å². The molecule has 3 aromatic carbocycles. The molecule has 0 unspecified atom stereocenters. The van der Waals surface area contributed by atoms with Gasteiger partial charge in [0.1, 0.15) is 11.6 Å². The zero-order valence-corrected chi connectivity index (χ0v) is 15.5. The SMILES string of the molecule is O=C(COc1cccc([N+](=O)[O-])c1)Nc1ccccc1C(=O)Nc1ccc(F)cc1. The number of amides is 2. The van der Waals surface area contributed by atoms with E-state index >= 15 is 0 Å². The van der Waals surface area contributed by atoms with Crippen molar-refractivity contribution < 1.29 is 23.6 Å². The standard InChI is InChI=1S/C21H16FN3O5/c22-14-8-10-15(11-9-14)23-21(27)18-6-1-2-7-19(18)24-20(26)13-30-17-5-3-4-16(12-17)25(28)29/h1-12H,13H2,(H,23,27)(H,24,26). The molecule has 0 spiro atoms. The third kappa shape index (κ3) is 5.38. The van der Waals surface area contributed by atoms with E-state index < -0.39 is 29.2 Å². The molecule has 0 fully saturated rings. The number of hydrogen-bond donors (Lipinski definition) is 2. The Bertz CT molecular complexity index is 1090. The minimum atomic E-state index is -0.567. The van der Waals surface area contributed by atoms with Crippen LogP contribution in [-0.2, 0) is 4.79 Å². The van der Waals surface area contributed by atoms with Crippen LogP contribution in [0.2, 0.25) is 0 Å². The van der Waals surface area contributed by atoms with Crippen molar-refractivity contribution in [3.8, 4) is 5.75 Å². The summed E-state index contributed by atoms with van der Waals surface area (Å²) in [5.41, 5.74) is 0.697. The molecule has 0 heterocycles. The smallest absolute Gasteiger partial charge is 0.273 e. The van der Waals surface area contributed by atoms with Crippen LogP contribution in [0.5, 0.6) is 5.75 Å². The van der Waals surface area contributed by atoms with Crippen molar-refractivity contribution in [3.63, 3.8) is 0 Å². The number of nitrogens with one attached hydrogen (secondary N) is 2. The molecule has 0 aromatic heterocycles. The van der Waals surface area contributed by atoms with Crippen LogP contribution in [0, 0.1) is 15.9 Å². The highest BCUT2D eigenvalue weighted by atomic mass is 19.1. The van der Waals surface area contributed by atoms with Crippen LogP contribution >= 0.6 is 0 Å². The molecule has 8 nitrogen and oxygen atoms in total. The first kappa shape index (κ1) is 20.5. The van der Waals surface area contributed by atoms with Crippen molar-refractivity contribution >= 4 is 28.9 Å². The maximum atomic E-state index is 13.0. The number of nitro benzene ring substituents is 1. The third-order valence-electron chi connectivity index (χ3n) is 3.95. The Hall–Kier alpha value is -4.27. The second-order valence-electron chi connectivity index (χ2n) is 6.10. The summed E-state index contributed by atoms with van der Waals surface area (Å²) in [6, 6.07) is 17.1. The van der Waals surface area contributed by atoms with E-state index in [9.17, 15) is 24.1 Å². The molecule has 0 saturated heterocycles. The van der Waals surface area contributed by atoms with Crippen molar-refractivity contribution in [1.29, 1.82) is 0 Å². The fraction of sp³-hybridized carbons (Fsp3) is 0.0476. The number of ether oxygens (including phenoxy) is 1. The summed E-state index contributed by atoms with van der Waals surface area (Å²) < 4.78 is 18.3. The number of benzene rings is 3. The second kappa shape index (κ2) is 9.28. The monoisotopic (exact) mass is 409 g/mol. The van der Waals surface area contributed by atoms with Gasteiger partial charge in [-0.1, -0.05) is 18.2 Å². The summed E-state index contributed by atoms with van der Waals surface area (Å²) in [7, 11) is 0. The molecule has 3 rings (SSSR count). The number of nitro groups is 1. The number of non-ortho nitro benzene ring substituents is 1. The van der Waals surface area contributed by atoms with E-state index in [4.69, 9.17) is 4.74 Å². The highest BCUT2D eigenvalue weighted by Gasteiger charge is 2.14. The van der Waals surface area contributed by atoms with Gasteiger partial charge in [-0.15, -0.1) is 0 Å². The molecule has 2 N–H and O–H groups in total. The second-order valence-corrected chi connectivity index (χ2v) is 6.10. The predicted molar refractivity (Wildman–Crippen MR) is 108 cm³/mol. The van der Waals surface area contributed by atoms with Gasteiger partial charge in [0.15, 0.2) is 6.61 Å². The van der Waals surface area contributed by atoms with Crippen molar-refractivity contribution in [2.75, 3.05) is 17.2 Å². The van der Waals surface area contributed by atoms with Gasteiger partial charge in [0.05, 0.1) is 22.2 Å². The molecule has 30 heavy (non-hydrogen) atoms. The van der Waals surface area contributed by atoms with Crippen LogP contribution < -0.4 is 15.4 Å². The minimum absolute atomic E-state index is 0.157. The molecule has 152 valence electrons. The number of nitrogens with zero attached hydrogens (tertiary/aromatic N) is 1. The van der Waals surface area contributed by atoms with E-state index in [0.717, 1.165) is 0 Å². The lowest BCUT2D eigenvalue weighted by atomic mass is 10.1. The zero-order chi connectivity index (χ0) is 21.5. The van der Waals surface area contributed by atoms with Crippen molar-refractivity contribution in [1.82, 2.24) is 0 Å². The van der Waals surface area contributed by atoms with E-state index in [-0.39, 0.29) is 22.7 Å². The van der Waals surface area contributed by atoms with Crippen LogP contribution in [0.3, 0.4) is 0 Å². The Balaban J connectivity index is 1.64. The van der Waals surface area contributed by atoms with Gasteiger partial charge in [-0.25, -0.2) is 4.39 Å². The van der Waals surface area contributed by atoms with Gasteiger partial charge in [0.2, 0.25) is 0 Å². The summed E-state index contributed by atoms with van der Waals surface area (Å²) in [6.07, 6.45) is 0. The maximum absolute atomic E-state index is 13.0. The van der Waals surface area contributed by atoms with Crippen molar-refractivity contribution in [3.05, 3.63) is 94.3 Å². The molecule has 0 bridgehead atoms. The fourth-order valence-corrected chi connectivity index (χ4v) is 2.54. The lowest BCUT2D eigenvalue weighted by molar-refractivity contribution is -0.384. The fourth-order valence-electron chi connectivity index (χ4n) is 2.54. The molecule has 0 radical (unpaired) electrons. The predicted octanol–water partition coefficient (Wildman–Crippen LogP) is 4.00. The molecule has 2 amide bonds. The van der Waals surface area contributed by atoms with Gasteiger partial charge in [-0.3, -0.25) is 19.7 Å². The number of anilines is 2. The largest absolute Gasteiger partial charge is 0.484 e. The summed E-state index contributed by atoms with van der Waals surface area (Å²) in [5.74, 6) is -1.30. The normalized spacial score (nSPS) is 10.2. The van der Waals surface area contributed by atoms with E-state index in [1.807, 2.05) is 0 Å². The van der Waals surface area contributed by atoms with Crippen LogP contribution in [0.15, 0.2) is 72.8 Å². The van der Waals surface area contributed by atoms with Gasteiger partial charge in [-0.2, -0.15) is 0 Å². The Kier molecular flexibility index (Phi) is 6.33. The lowest BCUT2D eigenvalue weighted by Crippen LogP contribution is -2.22. The maximum Gasteiger partial charge on any atom is 0.273 e. The van der Waals surface area contributed by atoms with E-state index in [1.165, 1.54) is 54.6 Å². The van der Waals surface area contributed by atoms with Gasteiger partial charge >= 0.3 is 0 Å². The molecular weight excluding hydrogens is 393 g/mol. The van der Waals surface area contributed by atoms with E-state index in [1.54, 1.807) is 18.2 Å². The highest BCUT2D eigenvalue weighted by Crippen LogP contribution is 2.20. The van der Waals surface area contributed by atoms with Gasteiger partial charge in [-0.05, 0) is 42.5 Å². The summed E-state index contributed by atoms with van der Waals surface area (Å²) in [4.78, 5) is 35.0. The molecule has 9 heteroatoms. The first-order chi connectivity index (χ1) is 14.4. The molecule has 0 aliphatic rings. The Morgan fingerprint density at radius 3 is 2.43 bits per heavy atom. The molecular formula is C21H16FN3O5. The highest BCUT2D eigenvalue weighted by molar-refractivity contribution is 6.10. The number of halogens is 1. The number of carbonyl (C=O) groups is 2. The average molecular weight is 409 g/mol. The van der Waals surface area contributed by atoms with E-state index in [2.05, 4.69) is 10.6 Å². The Morgan fingerprint density at radius 2 is 1.70 bits per heavy atom. The van der Waals surface area contributed by atoms with Crippen LogP contribution in [0.1, 0.15) is 10.4 Å². The Morgan fingerprint density at radius 1 is 0.967 bits per heavy atom. The first-order valence-corrected chi connectivity index (χ1v) is 8.75. The number of para-hydroxylation sites is 1. The van der Waals surface area contributed by atoms with E-state index in [0.29, 0.717) is 5.69 Å². The molecule has 0 aliphatic heterocycles.